The Kier molecular flexibility index (Phi) is 9.45. The molecule has 1 aromatic heterocycles. The van der Waals surface area contributed by atoms with E-state index in [9.17, 15) is 9.90 Å². The van der Waals surface area contributed by atoms with E-state index in [4.69, 9.17) is 44.3 Å². The van der Waals surface area contributed by atoms with E-state index in [0.717, 1.165) is 27.4 Å². The number of carbonyl (C=O) groups is 1. The highest BCUT2D eigenvalue weighted by Gasteiger charge is 2.38. The number of imidazole rings is 1. The van der Waals surface area contributed by atoms with Crippen molar-refractivity contribution in [3.8, 4) is 0 Å². The minimum Gasteiger partial charge on any atom is -0.392 e. The zero-order chi connectivity index (χ0) is 26.6. The van der Waals surface area contributed by atoms with Gasteiger partial charge >= 0.3 is 0 Å². The Morgan fingerprint density at radius 1 is 1.08 bits per heavy atom. The van der Waals surface area contributed by atoms with Crippen LogP contribution in [0, 0.1) is 5.92 Å². The third-order valence-electron chi connectivity index (χ3n) is 6.24. The Labute approximate surface area is 235 Å². The number of amides is 1. The third-order valence-corrected chi connectivity index (χ3v) is 7.90. The second kappa shape index (κ2) is 12.4. The molecule has 37 heavy (non-hydrogen) atoms. The van der Waals surface area contributed by atoms with E-state index in [0.29, 0.717) is 5.75 Å². The molecule has 2 heterocycles. The molecule has 198 valence electrons. The summed E-state index contributed by atoms with van der Waals surface area (Å²) in [5.41, 5.74) is 3.57. The first-order chi connectivity index (χ1) is 17.7. The lowest BCUT2D eigenvalue weighted by atomic mass is 9.91. The van der Waals surface area contributed by atoms with Crippen LogP contribution < -0.4 is 5.32 Å². The summed E-state index contributed by atoms with van der Waals surface area (Å²) in [4.78, 5) is 16.2. The Balaban J connectivity index is 1.51. The minimum absolute atomic E-state index is 0.00944. The molecule has 1 aliphatic heterocycles. The number of aromatic nitrogens is 2. The molecule has 2 aromatic carbocycles. The standard InChI is InChI=1S/C26H28Cl3N3O4S/c1-16-21(15-37-25-30-11-12-32(25)2)35-23(36-22(16)19-7-5-18(14-33)6-8-19)20-9-3-17(4-10-20)13-31-24(34)26(27,28)29/h3-12,16,21-23,33H,13-15H2,1-2H3,(H,31,34)/t16-,21+,22+,23+/m1/s1. The monoisotopic (exact) mass is 583 g/mol. The lowest BCUT2D eigenvalue weighted by Gasteiger charge is -2.41. The number of hydrogen-bond donors (Lipinski definition) is 2. The topological polar surface area (TPSA) is 85.6 Å². The molecule has 1 saturated heterocycles. The highest BCUT2D eigenvalue weighted by atomic mass is 35.6. The minimum atomic E-state index is -2.01. The van der Waals surface area contributed by atoms with Crippen LogP contribution in [0.25, 0.3) is 0 Å². The molecule has 7 nitrogen and oxygen atoms in total. The summed E-state index contributed by atoms with van der Waals surface area (Å²) in [6.45, 7) is 2.34. The lowest BCUT2D eigenvalue weighted by molar-refractivity contribution is -0.268. The number of aliphatic hydroxyl groups excluding tert-OH is 1. The number of rotatable bonds is 8. The number of halogens is 3. The Hall–Kier alpha value is -1.78. The number of aryl methyl sites for hydroxylation is 1. The molecular formula is C26H28Cl3N3O4S. The zero-order valence-electron chi connectivity index (χ0n) is 20.3. The van der Waals surface area contributed by atoms with Crippen molar-refractivity contribution < 1.29 is 19.4 Å². The van der Waals surface area contributed by atoms with Gasteiger partial charge in [0.15, 0.2) is 11.4 Å². The first kappa shape index (κ1) is 28.2. The van der Waals surface area contributed by atoms with Crippen LogP contribution in [0.15, 0.2) is 66.1 Å². The fourth-order valence-corrected chi connectivity index (χ4v) is 5.33. The summed E-state index contributed by atoms with van der Waals surface area (Å²) >= 11 is 18.5. The van der Waals surface area contributed by atoms with Crippen molar-refractivity contribution >= 4 is 52.5 Å². The van der Waals surface area contributed by atoms with Crippen molar-refractivity contribution in [1.82, 2.24) is 14.9 Å². The molecule has 3 aromatic rings. The molecule has 0 unspecified atom stereocenters. The number of ether oxygens (including phenoxy) is 2. The molecule has 0 radical (unpaired) electrons. The van der Waals surface area contributed by atoms with E-state index in [2.05, 4.69) is 17.2 Å². The summed E-state index contributed by atoms with van der Waals surface area (Å²) in [7, 11) is 1.97. The number of carbonyl (C=O) groups excluding carboxylic acids is 1. The third kappa shape index (κ3) is 7.20. The second-order valence-electron chi connectivity index (χ2n) is 8.88. The molecule has 4 rings (SSSR count). The summed E-state index contributed by atoms with van der Waals surface area (Å²) in [6.07, 6.45) is 2.80. The van der Waals surface area contributed by atoms with Crippen molar-refractivity contribution in [2.24, 2.45) is 13.0 Å². The molecule has 0 saturated carbocycles. The van der Waals surface area contributed by atoms with Gasteiger partial charge in [0, 0.05) is 43.2 Å². The zero-order valence-corrected chi connectivity index (χ0v) is 23.4. The second-order valence-corrected chi connectivity index (χ2v) is 12.1. The van der Waals surface area contributed by atoms with Gasteiger partial charge in [-0.05, 0) is 16.7 Å². The summed E-state index contributed by atoms with van der Waals surface area (Å²) in [6, 6.07) is 15.4. The molecule has 0 bridgehead atoms. The predicted octanol–water partition coefficient (Wildman–Crippen LogP) is 5.48. The molecule has 1 amide bonds. The molecule has 1 aliphatic rings. The Bertz CT molecular complexity index is 1190. The largest absolute Gasteiger partial charge is 0.392 e. The van der Waals surface area contributed by atoms with E-state index < -0.39 is 16.0 Å². The number of nitrogens with one attached hydrogen (secondary N) is 1. The van der Waals surface area contributed by atoms with Gasteiger partial charge in [-0.2, -0.15) is 0 Å². The van der Waals surface area contributed by atoms with Crippen molar-refractivity contribution in [2.75, 3.05) is 5.75 Å². The number of hydrogen-bond acceptors (Lipinski definition) is 6. The molecule has 4 atom stereocenters. The van der Waals surface area contributed by atoms with Crippen LogP contribution in [0.1, 0.15) is 41.6 Å². The van der Waals surface area contributed by atoms with Crippen LogP contribution in [0.4, 0.5) is 0 Å². The van der Waals surface area contributed by atoms with E-state index in [-0.39, 0.29) is 31.3 Å². The maximum atomic E-state index is 11.8. The molecule has 0 aliphatic carbocycles. The molecule has 1 fully saturated rings. The number of thioether (sulfide) groups is 1. The average Bonchev–Trinajstić information content (AvgIpc) is 3.31. The predicted molar refractivity (Wildman–Crippen MR) is 145 cm³/mol. The van der Waals surface area contributed by atoms with Crippen molar-refractivity contribution in [1.29, 1.82) is 0 Å². The van der Waals surface area contributed by atoms with E-state index >= 15 is 0 Å². The van der Waals surface area contributed by atoms with Gasteiger partial charge in [-0.3, -0.25) is 4.79 Å². The normalized spacial score (nSPS) is 22.1. The number of benzene rings is 2. The number of alkyl halides is 3. The summed E-state index contributed by atoms with van der Waals surface area (Å²) < 4.78 is 12.9. The maximum absolute atomic E-state index is 11.8. The summed E-state index contributed by atoms with van der Waals surface area (Å²) in [5.74, 6) is 0.0937. The van der Waals surface area contributed by atoms with Crippen molar-refractivity contribution in [2.45, 2.75) is 47.5 Å². The van der Waals surface area contributed by atoms with Crippen LogP contribution in [-0.4, -0.2) is 36.2 Å². The lowest BCUT2D eigenvalue weighted by Crippen LogP contribution is -2.38. The van der Waals surface area contributed by atoms with Gasteiger partial charge in [0.1, 0.15) is 0 Å². The summed E-state index contributed by atoms with van der Waals surface area (Å²) in [5, 5.41) is 13.0. The highest BCUT2D eigenvalue weighted by molar-refractivity contribution is 7.99. The quantitative estimate of drug-likeness (QED) is 0.269. The van der Waals surface area contributed by atoms with Gasteiger partial charge in [-0.1, -0.05) is 102 Å². The van der Waals surface area contributed by atoms with Crippen molar-refractivity contribution in [3.63, 3.8) is 0 Å². The van der Waals surface area contributed by atoms with Gasteiger partial charge in [0.2, 0.25) is 0 Å². The van der Waals surface area contributed by atoms with E-state index in [1.807, 2.05) is 66.3 Å². The first-order valence-corrected chi connectivity index (χ1v) is 13.8. The Morgan fingerprint density at radius 3 is 2.32 bits per heavy atom. The molecule has 0 spiro atoms. The van der Waals surface area contributed by atoms with Crippen LogP contribution in [-0.2, 0) is 34.5 Å². The van der Waals surface area contributed by atoms with Crippen LogP contribution >= 0.6 is 46.6 Å². The Morgan fingerprint density at radius 2 is 1.73 bits per heavy atom. The van der Waals surface area contributed by atoms with E-state index in [1.54, 1.807) is 18.0 Å². The van der Waals surface area contributed by atoms with Crippen LogP contribution in [0.5, 0.6) is 0 Å². The van der Waals surface area contributed by atoms with Gasteiger partial charge in [-0.15, -0.1) is 0 Å². The number of aliphatic hydroxyl groups is 1. The fraction of sp³-hybridized carbons (Fsp3) is 0.385. The van der Waals surface area contributed by atoms with Gasteiger partial charge < -0.3 is 24.5 Å². The fourth-order valence-electron chi connectivity index (χ4n) is 4.03. The highest BCUT2D eigenvalue weighted by Crippen LogP contribution is 2.43. The van der Waals surface area contributed by atoms with Gasteiger partial charge in [0.05, 0.1) is 18.8 Å². The number of nitrogens with zero attached hydrogens (tertiary/aromatic N) is 2. The van der Waals surface area contributed by atoms with Crippen LogP contribution in [0.3, 0.4) is 0 Å². The molecular weight excluding hydrogens is 557 g/mol. The van der Waals surface area contributed by atoms with Crippen LogP contribution in [0.2, 0.25) is 0 Å². The molecule has 11 heteroatoms. The van der Waals surface area contributed by atoms with Gasteiger partial charge in [0.25, 0.3) is 9.70 Å². The average molecular weight is 585 g/mol. The smallest absolute Gasteiger partial charge is 0.272 e. The van der Waals surface area contributed by atoms with Crippen molar-refractivity contribution in [3.05, 3.63) is 83.2 Å². The van der Waals surface area contributed by atoms with Gasteiger partial charge in [-0.25, -0.2) is 4.98 Å². The molecule has 2 N–H and O–H groups in total. The van der Waals surface area contributed by atoms with E-state index in [1.165, 1.54) is 0 Å². The SMILES string of the molecule is C[C@@H]1[C@H](CSc2nccn2C)O[C@H](c2ccc(CNC(=O)C(Cl)(Cl)Cl)cc2)O[C@@H]1c1ccc(CO)cc1. The maximum Gasteiger partial charge on any atom is 0.272 e. The first-order valence-electron chi connectivity index (χ1n) is 11.7.